The summed E-state index contributed by atoms with van der Waals surface area (Å²) in [7, 11) is 0. The molecule has 0 spiro atoms. The Morgan fingerprint density at radius 2 is 2.22 bits per heavy atom. The molecule has 0 fully saturated rings. The summed E-state index contributed by atoms with van der Waals surface area (Å²) in [5, 5.41) is 8.48. The molecule has 0 aliphatic carbocycles. The van der Waals surface area contributed by atoms with Gasteiger partial charge in [-0.25, -0.2) is 0 Å². The van der Waals surface area contributed by atoms with Crippen molar-refractivity contribution in [2.45, 2.75) is 23.6 Å². The van der Waals surface area contributed by atoms with E-state index >= 15 is 0 Å². The Balaban J connectivity index is 3.83. The van der Waals surface area contributed by atoms with Gasteiger partial charge in [0, 0.05) is 0 Å². The number of carboxylic acids is 1. The third-order valence-corrected chi connectivity index (χ3v) is 3.36. The van der Waals surface area contributed by atoms with Crippen LogP contribution in [0.4, 0.5) is 0 Å². The number of carboxylic acid groups (broad SMARTS) is 1. The summed E-state index contributed by atoms with van der Waals surface area (Å²) in [6.45, 7) is 1.73. The molecule has 0 bridgehead atoms. The Kier molecular flexibility index (Phi) is 3.86. The van der Waals surface area contributed by atoms with Crippen LogP contribution in [0, 0.1) is 0 Å². The summed E-state index contributed by atoms with van der Waals surface area (Å²) in [5.41, 5.74) is 5.38. The van der Waals surface area contributed by atoms with Gasteiger partial charge in [-0.05, 0) is 0 Å². The Hall–Kier alpha value is -0.0505. The quantitative estimate of drug-likeness (QED) is 0.622. The Bertz CT molecular complexity index is 105. The minimum absolute atomic E-state index is 0.111. The molecule has 54 valence electrons. The number of rotatable bonds is 3. The molecule has 3 nitrogen and oxygen atoms in total. The molecule has 2 atom stereocenters. The van der Waals surface area contributed by atoms with Crippen LogP contribution in [0.25, 0.3) is 0 Å². The second-order valence-corrected chi connectivity index (χ2v) is 3.91. The van der Waals surface area contributed by atoms with Crippen molar-refractivity contribution < 1.29 is 9.90 Å². The van der Waals surface area contributed by atoms with Crippen molar-refractivity contribution in [3.8, 4) is 0 Å². The molecule has 0 aromatic carbocycles. The number of hydrogen-bond donors (Lipinski definition) is 2. The van der Waals surface area contributed by atoms with Crippen LogP contribution < -0.4 is 5.73 Å². The predicted molar refractivity (Wildman–Crippen MR) is 36.7 cm³/mol. The second-order valence-electron chi connectivity index (χ2n) is 1.85. The number of carbonyl (C=O) groups is 1. The minimum atomic E-state index is -0.771. The summed E-state index contributed by atoms with van der Waals surface area (Å²) in [6.07, 6.45) is 0. The van der Waals surface area contributed by atoms with Crippen molar-refractivity contribution in [1.82, 2.24) is 0 Å². The van der Waals surface area contributed by atoms with E-state index in [0.717, 1.165) is 0 Å². The molecule has 0 saturated heterocycles. The van der Waals surface area contributed by atoms with Gasteiger partial charge in [0.2, 0.25) is 0 Å². The van der Waals surface area contributed by atoms with E-state index < -0.39 is 5.97 Å². The van der Waals surface area contributed by atoms with Gasteiger partial charge in [-0.15, -0.1) is 0 Å². The van der Waals surface area contributed by atoms with Gasteiger partial charge in [0.15, 0.2) is 0 Å². The third-order valence-electron chi connectivity index (χ3n) is 0.975. The molecule has 0 amide bonds. The van der Waals surface area contributed by atoms with E-state index in [1.165, 1.54) is 0 Å². The zero-order valence-electron chi connectivity index (χ0n) is 5.50. The first kappa shape index (κ1) is 8.95. The van der Waals surface area contributed by atoms with Crippen LogP contribution in [0.15, 0.2) is 0 Å². The molecule has 0 heterocycles. The average molecular weight is 196 g/mol. The molecule has 0 rings (SSSR count). The number of hydrogen-bond acceptors (Lipinski definition) is 2. The van der Waals surface area contributed by atoms with Gasteiger partial charge in [-0.2, -0.15) is 0 Å². The topological polar surface area (TPSA) is 63.3 Å². The van der Waals surface area contributed by atoms with Gasteiger partial charge in [0.1, 0.15) is 0 Å². The first-order valence-corrected chi connectivity index (χ1v) is 5.31. The average Bonchev–Trinajstić information content (AvgIpc) is 1.64. The van der Waals surface area contributed by atoms with E-state index in [1.54, 1.807) is 6.92 Å². The van der Waals surface area contributed by atoms with Crippen molar-refractivity contribution in [2.24, 2.45) is 5.73 Å². The molecule has 4 heteroatoms. The van der Waals surface area contributed by atoms with Crippen LogP contribution in [0.1, 0.15) is 6.92 Å². The van der Waals surface area contributed by atoms with E-state index in [2.05, 4.69) is 0 Å². The van der Waals surface area contributed by atoms with Crippen LogP contribution >= 0.6 is 0 Å². The standard InChI is InChI=1S/C5H11NO2Se/c1-3(6)4(9-2)5(7)8/h3-4H,6H2,1-2H3,(H,7,8)/t3-,4?/m1/s1. The molecule has 1 unspecified atom stereocenters. The summed E-state index contributed by atoms with van der Waals surface area (Å²) >= 11 is 0.111. The predicted octanol–water partition coefficient (Wildman–Crippen LogP) is -0.0410. The van der Waals surface area contributed by atoms with Gasteiger partial charge in [0.25, 0.3) is 0 Å². The van der Waals surface area contributed by atoms with Crippen molar-refractivity contribution in [2.75, 3.05) is 0 Å². The molecular weight excluding hydrogens is 185 g/mol. The van der Waals surface area contributed by atoms with Crippen LogP contribution in [0.5, 0.6) is 0 Å². The maximum atomic E-state index is 10.3. The van der Waals surface area contributed by atoms with Crippen molar-refractivity contribution in [3.63, 3.8) is 0 Å². The second kappa shape index (κ2) is 3.88. The Morgan fingerprint density at radius 1 is 1.78 bits per heavy atom. The van der Waals surface area contributed by atoms with Crippen molar-refractivity contribution in [1.29, 1.82) is 0 Å². The van der Waals surface area contributed by atoms with Crippen molar-refractivity contribution >= 4 is 20.9 Å². The fourth-order valence-electron chi connectivity index (χ4n) is 0.540. The molecule has 0 radical (unpaired) electrons. The van der Waals surface area contributed by atoms with Gasteiger partial charge >= 0.3 is 60.2 Å². The molecule has 3 N–H and O–H groups in total. The Labute approximate surface area is 60.8 Å². The van der Waals surface area contributed by atoms with Crippen molar-refractivity contribution in [3.05, 3.63) is 0 Å². The van der Waals surface area contributed by atoms with Gasteiger partial charge in [0.05, 0.1) is 0 Å². The van der Waals surface area contributed by atoms with Crippen LogP contribution in [0.2, 0.25) is 10.6 Å². The fraction of sp³-hybridized carbons (Fsp3) is 0.800. The molecular formula is C5H11NO2Se. The van der Waals surface area contributed by atoms with E-state index in [1.807, 2.05) is 5.82 Å². The van der Waals surface area contributed by atoms with E-state index in [-0.39, 0.29) is 25.8 Å². The molecule has 0 aliphatic rings. The molecule has 0 aromatic heterocycles. The summed E-state index contributed by atoms with van der Waals surface area (Å²) in [5.74, 6) is 1.11. The first-order chi connectivity index (χ1) is 4.09. The Morgan fingerprint density at radius 3 is 2.22 bits per heavy atom. The van der Waals surface area contributed by atoms with E-state index in [0.29, 0.717) is 0 Å². The molecule has 0 saturated carbocycles. The zero-order chi connectivity index (χ0) is 7.44. The zero-order valence-corrected chi connectivity index (χ0v) is 7.21. The van der Waals surface area contributed by atoms with Gasteiger partial charge < -0.3 is 0 Å². The first-order valence-electron chi connectivity index (χ1n) is 2.60. The summed E-state index contributed by atoms with van der Waals surface area (Å²) in [4.78, 5) is 9.99. The molecule has 0 aliphatic heterocycles. The monoisotopic (exact) mass is 197 g/mol. The maximum absolute atomic E-state index is 10.3. The van der Waals surface area contributed by atoms with Crippen LogP contribution in [-0.2, 0) is 4.79 Å². The SMILES string of the molecule is C[Se]C(C(=O)O)[C@@H](C)N. The number of nitrogens with two attached hydrogens (primary N) is 1. The van der Waals surface area contributed by atoms with Crippen LogP contribution in [0.3, 0.4) is 0 Å². The normalized spacial score (nSPS) is 16.8. The fourth-order valence-corrected chi connectivity index (χ4v) is 1.86. The summed E-state index contributed by atoms with van der Waals surface area (Å²) < 4.78 is 0. The summed E-state index contributed by atoms with van der Waals surface area (Å²) in [6, 6.07) is -0.215. The van der Waals surface area contributed by atoms with Gasteiger partial charge in [-0.3, -0.25) is 0 Å². The van der Waals surface area contributed by atoms with Crippen LogP contribution in [-0.4, -0.2) is 32.1 Å². The van der Waals surface area contributed by atoms with E-state index in [4.69, 9.17) is 10.8 Å². The molecule has 9 heavy (non-hydrogen) atoms. The van der Waals surface area contributed by atoms with Gasteiger partial charge in [-0.1, -0.05) is 0 Å². The van der Waals surface area contributed by atoms with E-state index in [9.17, 15) is 4.79 Å². The molecule has 0 aromatic rings. The third kappa shape index (κ3) is 2.84. The number of aliphatic carboxylic acids is 1.